The molecular formula is C26H37N3O3. The van der Waals surface area contributed by atoms with Gasteiger partial charge in [0.05, 0.1) is 11.6 Å². The lowest BCUT2D eigenvalue weighted by atomic mass is 9.90. The first-order chi connectivity index (χ1) is 15.6. The number of amides is 1. The lowest BCUT2D eigenvalue weighted by molar-refractivity contribution is 0.0824. The number of carbonyl (C=O) groups is 2. The molecule has 0 atom stereocenters. The van der Waals surface area contributed by atoms with Gasteiger partial charge in [-0.25, -0.2) is 5.84 Å². The van der Waals surface area contributed by atoms with Crippen LogP contribution in [0.25, 0.3) is 0 Å². The first-order valence-corrected chi connectivity index (χ1v) is 12.3. The summed E-state index contributed by atoms with van der Waals surface area (Å²) < 4.78 is 5.87. The van der Waals surface area contributed by atoms with Gasteiger partial charge in [0.2, 0.25) is 0 Å². The summed E-state index contributed by atoms with van der Waals surface area (Å²) >= 11 is 0. The fourth-order valence-corrected chi connectivity index (χ4v) is 4.65. The number of nitrogens with zero attached hydrogens (tertiary/aromatic N) is 1. The van der Waals surface area contributed by atoms with Crippen LogP contribution in [0.3, 0.4) is 0 Å². The van der Waals surface area contributed by atoms with Crippen molar-refractivity contribution < 1.29 is 14.3 Å². The van der Waals surface area contributed by atoms with Gasteiger partial charge >= 0.3 is 0 Å². The minimum absolute atomic E-state index is 0.246. The molecule has 2 saturated carbocycles. The molecule has 3 rings (SSSR count). The molecule has 0 aliphatic heterocycles. The number of hydrazine groups is 1. The third kappa shape index (κ3) is 6.63. The Hall–Kier alpha value is -2.23. The number of nitriles is 1. The van der Waals surface area contributed by atoms with Crippen LogP contribution in [0.15, 0.2) is 18.2 Å². The number of ether oxygens (including phenoxy) is 1. The van der Waals surface area contributed by atoms with Gasteiger partial charge in [0, 0.05) is 18.8 Å². The summed E-state index contributed by atoms with van der Waals surface area (Å²) in [5.74, 6) is 5.31. The van der Waals surface area contributed by atoms with E-state index in [4.69, 9.17) is 10.6 Å². The van der Waals surface area contributed by atoms with Crippen molar-refractivity contribution in [2.24, 2.45) is 17.2 Å². The van der Waals surface area contributed by atoms with Gasteiger partial charge in [-0.05, 0) is 68.6 Å². The number of aryl methyl sites for hydroxylation is 1. The molecule has 3 N–H and O–H groups in total. The van der Waals surface area contributed by atoms with E-state index in [9.17, 15) is 14.9 Å². The number of carbonyl (C=O) groups excluding carboxylic acids is 2. The third-order valence-electron chi connectivity index (χ3n) is 6.94. The van der Waals surface area contributed by atoms with Crippen LogP contribution < -0.4 is 11.3 Å². The molecule has 2 fully saturated rings. The average Bonchev–Trinajstić information content (AvgIpc) is 3.64. The topological polar surface area (TPSA) is 105 Å². The monoisotopic (exact) mass is 439 g/mol. The zero-order valence-electron chi connectivity index (χ0n) is 19.2. The molecule has 0 heterocycles. The van der Waals surface area contributed by atoms with E-state index in [0.29, 0.717) is 18.4 Å². The number of Topliss-reactive ketones (excluding diaryl/α,β-unsaturated/α-hetero) is 1. The highest BCUT2D eigenvalue weighted by atomic mass is 16.5. The van der Waals surface area contributed by atoms with Crippen LogP contribution in [0.1, 0.15) is 103 Å². The molecule has 174 valence electrons. The molecule has 1 aromatic carbocycles. The average molecular weight is 440 g/mol. The number of nitrogens with one attached hydrogen (secondary N) is 1. The Morgan fingerprint density at radius 3 is 2.47 bits per heavy atom. The Bertz CT molecular complexity index is 820. The standard InChI is InChI=1S/C26H37N3O3/c27-19-26(14-15-26)24(30)23-17-20(12-13-22(23)25(31)29-28)9-5-2-1-3-8-16-32-18-21-10-6-4-7-11-21/h12-13,17,21H,1-11,14-16,18,28H2,(H,29,31). The predicted molar refractivity (Wildman–Crippen MR) is 124 cm³/mol. The summed E-state index contributed by atoms with van der Waals surface area (Å²) in [6, 6.07) is 7.45. The smallest absolute Gasteiger partial charge is 0.265 e. The van der Waals surface area contributed by atoms with Crippen molar-refractivity contribution in [2.45, 2.75) is 83.5 Å². The van der Waals surface area contributed by atoms with E-state index in [1.54, 1.807) is 12.1 Å². The van der Waals surface area contributed by atoms with Crippen LogP contribution >= 0.6 is 0 Å². The summed E-state index contributed by atoms with van der Waals surface area (Å²) in [6.07, 6.45) is 14.4. The van der Waals surface area contributed by atoms with Gasteiger partial charge in [-0.1, -0.05) is 44.6 Å². The molecule has 0 saturated heterocycles. The maximum atomic E-state index is 12.9. The maximum absolute atomic E-state index is 12.9. The number of nitrogens with two attached hydrogens (primary N) is 1. The zero-order valence-corrected chi connectivity index (χ0v) is 19.2. The minimum Gasteiger partial charge on any atom is -0.381 e. The number of ketones is 1. The van der Waals surface area contributed by atoms with E-state index in [2.05, 4.69) is 11.5 Å². The molecule has 0 spiro atoms. The number of hydrogen-bond donors (Lipinski definition) is 2. The van der Waals surface area contributed by atoms with Crippen molar-refractivity contribution in [3.63, 3.8) is 0 Å². The van der Waals surface area contributed by atoms with Crippen molar-refractivity contribution >= 4 is 11.7 Å². The lowest BCUT2D eigenvalue weighted by Gasteiger charge is -2.21. The predicted octanol–water partition coefficient (Wildman–Crippen LogP) is 4.87. The van der Waals surface area contributed by atoms with E-state index in [-0.39, 0.29) is 11.3 Å². The number of hydrogen-bond acceptors (Lipinski definition) is 5. The van der Waals surface area contributed by atoms with E-state index >= 15 is 0 Å². The number of rotatable bonds is 13. The highest BCUT2D eigenvalue weighted by Gasteiger charge is 2.51. The Balaban J connectivity index is 1.38. The number of nitrogen functional groups attached to an aromatic ring is 1. The Kier molecular flexibility index (Phi) is 9.25. The second-order valence-corrected chi connectivity index (χ2v) is 9.47. The molecular weight excluding hydrogens is 402 g/mol. The zero-order chi connectivity index (χ0) is 22.8. The van der Waals surface area contributed by atoms with Crippen LogP contribution in [-0.4, -0.2) is 24.9 Å². The van der Waals surface area contributed by atoms with Gasteiger partial charge in [0.1, 0.15) is 5.41 Å². The molecule has 2 aliphatic carbocycles. The molecule has 2 aliphatic rings. The molecule has 1 aromatic rings. The van der Waals surface area contributed by atoms with Gasteiger partial charge in [0.15, 0.2) is 5.78 Å². The molecule has 0 unspecified atom stereocenters. The summed E-state index contributed by atoms with van der Waals surface area (Å²) in [5, 5.41) is 9.38. The Morgan fingerprint density at radius 2 is 1.78 bits per heavy atom. The van der Waals surface area contributed by atoms with Crippen molar-refractivity contribution in [1.82, 2.24) is 5.43 Å². The molecule has 1 amide bonds. The van der Waals surface area contributed by atoms with Crippen molar-refractivity contribution in [3.05, 3.63) is 34.9 Å². The van der Waals surface area contributed by atoms with Crippen LogP contribution in [0.4, 0.5) is 0 Å². The highest BCUT2D eigenvalue weighted by molar-refractivity contribution is 6.12. The summed E-state index contributed by atoms with van der Waals surface area (Å²) in [7, 11) is 0. The van der Waals surface area contributed by atoms with Crippen LogP contribution in [0.2, 0.25) is 0 Å². The van der Waals surface area contributed by atoms with Crippen molar-refractivity contribution in [3.8, 4) is 6.07 Å². The van der Waals surface area contributed by atoms with E-state index < -0.39 is 11.3 Å². The van der Waals surface area contributed by atoms with Crippen LogP contribution in [0.5, 0.6) is 0 Å². The fraction of sp³-hybridized carbons (Fsp3) is 0.654. The molecule has 0 radical (unpaired) electrons. The minimum atomic E-state index is -0.957. The van der Waals surface area contributed by atoms with Crippen molar-refractivity contribution in [1.29, 1.82) is 5.26 Å². The van der Waals surface area contributed by atoms with Crippen LogP contribution in [-0.2, 0) is 11.2 Å². The fourth-order valence-electron chi connectivity index (χ4n) is 4.65. The molecule has 0 bridgehead atoms. The first kappa shape index (κ1) is 24.4. The number of unbranched alkanes of at least 4 members (excludes halogenated alkanes) is 4. The molecule has 32 heavy (non-hydrogen) atoms. The lowest BCUT2D eigenvalue weighted by Crippen LogP contribution is -2.32. The van der Waals surface area contributed by atoms with Gasteiger partial charge in [-0.2, -0.15) is 5.26 Å². The largest absolute Gasteiger partial charge is 0.381 e. The Labute approximate surface area is 191 Å². The molecule has 6 heteroatoms. The summed E-state index contributed by atoms with van der Waals surface area (Å²) in [5.41, 5.74) is 2.73. The second kappa shape index (κ2) is 12.1. The SMILES string of the molecule is N#CC1(C(=O)c2cc(CCCCCCCOCC3CCCCC3)ccc2C(=O)NN)CC1. The van der Waals surface area contributed by atoms with E-state index in [1.807, 2.05) is 6.07 Å². The van der Waals surface area contributed by atoms with Crippen molar-refractivity contribution in [2.75, 3.05) is 13.2 Å². The third-order valence-corrected chi connectivity index (χ3v) is 6.94. The Morgan fingerprint density at radius 1 is 1.06 bits per heavy atom. The van der Waals surface area contributed by atoms with Gasteiger partial charge in [0.25, 0.3) is 5.91 Å². The van der Waals surface area contributed by atoms with Crippen LogP contribution in [0, 0.1) is 22.7 Å². The van der Waals surface area contributed by atoms with E-state index in [0.717, 1.165) is 50.4 Å². The maximum Gasteiger partial charge on any atom is 0.265 e. The second-order valence-electron chi connectivity index (χ2n) is 9.47. The summed E-state index contributed by atoms with van der Waals surface area (Å²) in [6.45, 7) is 1.81. The number of benzene rings is 1. The normalized spacial score (nSPS) is 17.5. The van der Waals surface area contributed by atoms with E-state index in [1.165, 1.54) is 44.9 Å². The highest BCUT2D eigenvalue weighted by Crippen LogP contribution is 2.48. The molecule has 6 nitrogen and oxygen atoms in total. The summed E-state index contributed by atoms with van der Waals surface area (Å²) in [4.78, 5) is 25.0. The molecule has 0 aromatic heterocycles. The quantitative estimate of drug-likeness (QED) is 0.150. The van der Waals surface area contributed by atoms with Gasteiger partial charge < -0.3 is 4.74 Å². The van der Waals surface area contributed by atoms with Gasteiger partial charge in [-0.3, -0.25) is 15.0 Å². The first-order valence-electron chi connectivity index (χ1n) is 12.3. The van der Waals surface area contributed by atoms with Gasteiger partial charge in [-0.15, -0.1) is 0 Å².